The van der Waals surface area contributed by atoms with Crippen molar-refractivity contribution in [2.24, 2.45) is 4.99 Å². The molecule has 1 fully saturated rings. The lowest BCUT2D eigenvalue weighted by molar-refractivity contribution is 0.689. The van der Waals surface area contributed by atoms with E-state index in [2.05, 4.69) is 34.6 Å². The Morgan fingerprint density at radius 2 is 2.27 bits per heavy atom. The maximum Gasteiger partial charge on any atom is 0.110 e. The maximum absolute atomic E-state index is 4.57. The van der Waals surface area contributed by atoms with Gasteiger partial charge in [0.05, 0.1) is 11.4 Å². The quantitative estimate of drug-likeness (QED) is 0.542. The third-order valence-electron chi connectivity index (χ3n) is 2.83. The van der Waals surface area contributed by atoms with Crippen LogP contribution in [0.15, 0.2) is 29.3 Å². The van der Waals surface area contributed by atoms with Crippen molar-refractivity contribution in [3.63, 3.8) is 0 Å². The summed E-state index contributed by atoms with van der Waals surface area (Å²) >= 11 is 0. The first-order valence-corrected chi connectivity index (χ1v) is 3.98. The molecular weight excluding hydrogens is 136 g/mol. The topological polar surface area (TPSA) is 24.4 Å². The minimum Gasteiger partial charge on any atom is -0.362 e. The second-order valence-electron chi connectivity index (χ2n) is 3.61. The Morgan fingerprint density at radius 3 is 3.09 bits per heavy atom. The van der Waals surface area contributed by atoms with Crippen molar-refractivity contribution >= 4 is 5.84 Å². The molecular formula is C9H10N2. The van der Waals surface area contributed by atoms with E-state index in [0.717, 1.165) is 12.3 Å². The first-order chi connectivity index (χ1) is 5.27. The van der Waals surface area contributed by atoms with Crippen molar-refractivity contribution in [2.45, 2.75) is 24.4 Å². The number of aliphatic imine (C=N–C) groups is 1. The molecule has 0 spiro atoms. The van der Waals surface area contributed by atoms with Gasteiger partial charge in [0, 0.05) is 6.42 Å². The maximum atomic E-state index is 4.57. The van der Waals surface area contributed by atoms with Gasteiger partial charge in [-0.05, 0) is 6.92 Å². The monoisotopic (exact) mass is 146 g/mol. The molecule has 2 nitrogen and oxygen atoms in total. The van der Waals surface area contributed by atoms with Crippen LogP contribution in [-0.4, -0.2) is 16.9 Å². The molecule has 1 saturated carbocycles. The minimum absolute atomic E-state index is 0.117. The van der Waals surface area contributed by atoms with Crippen LogP contribution < -0.4 is 5.32 Å². The summed E-state index contributed by atoms with van der Waals surface area (Å²) < 4.78 is 0. The van der Waals surface area contributed by atoms with Crippen molar-refractivity contribution in [3.05, 3.63) is 24.3 Å². The molecule has 0 amide bonds. The number of nitrogens with one attached hydrogen (secondary N) is 1. The van der Waals surface area contributed by atoms with Gasteiger partial charge >= 0.3 is 0 Å². The number of hydrogen-bond donors (Lipinski definition) is 1. The molecule has 3 aliphatic rings. The van der Waals surface area contributed by atoms with Crippen molar-refractivity contribution in [3.8, 4) is 0 Å². The lowest BCUT2D eigenvalue weighted by Gasteiger charge is -2.12. The SMILES string of the molecule is CC1=NC23C=CC=CC2(C3)N1. The highest BCUT2D eigenvalue weighted by molar-refractivity contribution is 5.87. The fraction of sp³-hybridized carbons (Fsp3) is 0.444. The third-order valence-corrected chi connectivity index (χ3v) is 2.83. The van der Waals surface area contributed by atoms with Crippen molar-refractivity contribution in [1.29, 1.82) is 0 Å². The average Bonchev–Trinajstić information content (AvgIpc) is 2.47. The van der Waals surface area contributed by atoms with Crippen molar-refractivity contribution in [2.75, 3.05) is 0 Å². The predicted molar refractivity (Wildman–Crippen MR) is 44.6 cm³/mol. The van der Waals surface area contributed by atoms with E-state index in [1.807, 2.05) is 6.92 Å². The zero-order valence-electron chi connectivity index (χ0n) is 6.46. The van der Waals surface area contributed by atoms with Gasteiger partial charge < -0.3 is 5.32 Å². The molecule has 0 aromatic heterocycles. The van der Waals surface area contributed by atoms with E-state index in [-0.39, 0.29) is 11.1 Å². The number of rotatable bonds is 0. The van der Waals surface area contributed by atoms with E-state index in [0.29, 0.717) is 0 Å². The fourth-order valence-electron chi connectivity index (χ4n) is 2.25. The van der Waals surface area contributed by atoms with E-state index in [1.54, 1.807) is 0 Å². The number of hydrogen-bond acceptors (Lipinski definition) is 2. The summed E-state index contributed by atoms with van der Waals surface area (Å²) in [5, 5.41) is 3.41. The lowest BCUT2D eigenvalue weighted by atomic mass is 10.1. The normalized spacial score (nSPS) is 49.4. The van der Waals surface area contributed by atoms with Crippen LogP contribution in [-0.2, 0) is 0 Å². The van der Waals surface area contributed by atoms with Gasteiger partial charge in [0.15, 0.2) is 0 Å². The molecule has 1 aliphatic heterocycles. The first kappa shape index (κ1) is 5.58. The second-order valence-corrected chi connectivity index (χ2v) is 3.61. The van der Waals surface area contributed by atoms with Crippen molar-refractivity contribution in [1.82, 2.24) is 5.32 Å². The van der Waals surface area contributed by atoms with Gasteiger partial charge in [0.2, 0.25) is 0 Å². The smallest absolute Gasteiger partial charge is 0.110 e. The van der Waals surface area contributed by atoms with Gasteiger partial charge in [-0.2, -0.15) is 0 Å². The number of nitrogens with zero attached hydrogens (tertiary/aromatic N) is 1. The lowest BCUT2D eigenvalue weighted by Crippen LogP contribution is -2.33. The van der Waals surface area contributed by atoms with Gasteiger partial charge in [-0.3, -0.25) is 4.99 Å². The summed E-state index contributed by atoms with van der Waals surface area (Å²) in [6, 6.07) is 0. The van der Waals surface area contributed by atoms with E-state index < -0.39 is 0 Å². The standard InChI is InChI=1S/C9H10N2/c1-7-10-8-4-2-3-5-9(8,6-8)11-7/h2-5H,6H2,1H3,(H,10,11). The molecule has 2 unspecified atom stereocenters. The fourth-order valence-corrected chi connectivity index (χ4v) is 2.25. The zero-order valence-corrected chi connectivity index (χ0v) is 6.46. The van der Waals surface area contributed by atoms with E-state index >= 15 is 0 Å². The molecule has 0 aromatic rings. The van der Waals surface area contributed by atoms with E-state index in [1.165, 1.54) is 0 Å². The Labute approximate surface area is 65.7 Å². The molecule has 0 saturated heterocycles. The van der Waals surface area contributed by atoms with Gasteiger partial charge in [-0.25, -0.2) is 0 Å². The third kappa shape index (κ3) is 0.451. The molecule has 2 atom stereocenters. The summed E-state index contributed by atoms with van der Waals surface area (Å²) in [5.41, 5.74) is 0.303. The van der Waals surface area contributed by atoms with E-state index in [9.17, 15) is 0 Å². The van der Waals surface area contributed by atoms with E-state index in [4.69, 9.17) is 0 Å². The van der Waals surface area contributed by atoms with Crippen LogP contribution in [0.2, 0.25) is 0 Å². The van der Waals surface area contributed by atoms with Crippen LogP contribution in [0.3, 0.4) is 0 Å². The first-order valence-electron chi connectivity index (χ1n) is 3.98. The average molecular weight is 146 g/mol. The summed E-state index contributed by atoms with van der Waals surface area (Å²) in [7, 11) is 0. The Morgan fingerprint density at radius 1 is 1.45 bits per heavy atom. The Hall–Kier alpha value is -1.05. The zero-order chi connectivity index (χ0) is 7.53. The van der Waals surface area contributed by atoms with Gasteiger partial charge in [0.25, 0.3) is 0 Å². The molecule has 2 heteroatoms. The number of amidine groups is 1. The van der Waals surface area contributed by atoms with Crippen LogP contribution in [0, 0.1) is 0 Å². The highest BCUT2D eigenvalue weighted by Gasteiger charge is 2.69. The van der Waals surface area contributed by atoms with Crippen LogP contribution in [0.5, 0.6) is 0 Å². The Kier molecular flexibility index (Phi) is 0.654. The summed E-state index contributed by atoms with van der Waals surface area (Å²) in [4.78, 5) is 4.57. The largest absolute Gasteiger partial charge is 0.362 e. The van der Waals surface area contributed by atoms with Crippen LogP contribution in [0.1, 0.15) is 13.3 Å². The summed E-state index contributed by atoms with van der Waals surface area (Å²) in [6.45, 7) is 2.03. The molecule has 1 N–H and O–H groups in total. The number of allylic oxidation sites excluding steroid dienone is 2. The summed E-state index contributed by atoms with van der Waals surface area (Å²) in [6.07, 6.45) is 9.77. The highest BCUT2D eigenvalue weighted by Crippen LogP contribution is 2.57. The summed E-state index contributed by atoms with van der Waals surface area (Å²) in [5.74, 6) is 1.08. The Bertz CT molecular complexity index is 314. The molecule has 2 aliphatic carbocycles. The van der Waals surface area contributed by atoms with Crippen LogP contribution in [0.25, 0.3) is 0 Å². The van der Waals surface area contributed by atoms with Gasteiger partial charge in [0.1, 0.15) is 5.54 Å². The molecule has 11 heavy (non-hydrogen) atoms. The molecule has 3 rings (SSSR count). The Balaban J connectivity index is 2.15. The molecule has 0 aromatic carbocycles. The molecule has 0 radical (unpaired) electrons. The molecule has 1 heterocycles. The van der Waals surface area contributed by atoms with Crippen LogP contribution in [0.4, 0.5) is 0 Å². The van der Waals surface area contributed by atoms with Crippen LogP contribution >= 0.6 is 0 Å². The van der Waals surface area contributed by atoms with Gasteiger partial charge in [-0.1, -0.05) is 24.3 Å². The molecule has 0 bridgehead atoms. The minimum atomic E-state index is 0.117. The predicted octanol–water partition coefficient (Wildman–Crippen LogP) is 1.02. The second kappa shape index (κ2) is 1.29. The van der Waals surface area contributed by atoms with Gasteiger partial charge in [-0.15, -0.1) is 0 Å². The molecule has 56 valence electrons. The van der Waals surface area contributed by atoms with Crippen molar-refractivity contribution < 1.29 is 0 Å². The highest BCUT2D eigenvalue weighted by atomic mass is 15.3.